The van der Waals surface area contributed by atoms with Crippen molar-refractivity contribution in [2.75, 3.05) is 6.61 Å². The van der Waals surface area contributed by atoms with Crippen LogP contribution in [0.5, 0.6) is 11.5 Å². The van der Waals surface area contributed by atoms with Crippen molar-refractivity contribution in [3.63, 3.8) is 0 Å². The van der Waals surface area contributed by atoms with E-state index in [1.165, 1.54) is 11.3 Å². The monoisotopic (exact) mass is 570 g/mol. The molecule has 3 aromatic carbocycles. The standard InChI is InChI=1S/C33H34N2O5S/c1-7-38-24-15-12-23(13-16-24)30-29(32(37)40-20(4)5)21(6)34-33-35(30)31(36)28(41-33)18-26-25-11-9-8-10-22(25)14-17-27(26)39-19(2)3/h8-20,30H,7H2,1-6H3/b28-18+/t30-/m0/s1. The largest absolute Gasteiger partial charge is 0.494 e. The first-order chi connectivity index (χ1) is 19.7. The zero-order valence-corrected chi connectivity index (χ0v) is 25.0. The van der Waals surface area contributed by atoms with Gasteiger partial charge in [0.1, 0.15) is 11.5 Å². The number of hydrogen-bond donors (Lipinski definition) is 0. The summed E-state index contributed by atoms with van der Waals surface area (Å²) in [5, 5.41) is 2.03. The molecule has 0 radical (unpaired) electrons. The molecule has 4 aromatic rings. The van der Waals surface area contributed by atoms with Crippen molar-refractivity contribution in [3.8, 4) is 11.5 Å². The Morgan fingerprint density at radius 3 is 2.44 bits per heavy atom. The molecule has 0 aliphatic carbocycles. The summed E-state index contributed by atoms with van der Waals surface area (Å²) < 4.78 is 19.5. The number of fused-ring (bicyclic) bond motifs is 2. The number of allylic oxidation sites excluding steroid dienone is 1. The summed E-state index contributed by atoms with van der Waals surface area (Å²) in [5.74, 6) is 0.922. The van der Waals surface area contributed by atoms with Crippen LogP contribution in [0.3, 0.4) is 0 Å². The summed E-state index contributed by atoms with van der Waals surface area (Å²) in [6.45, 7) is 11.8. The molecular weight excluding hydrogens is 536 g/mol. The van der Waals surface area contributed by atoms with Crippen LogP contribution in [0.2, 0.25) is 0 Å². The summed E-state index contributed by atoms with van der Waals surface area (Å²) in [5.41, 5.74) is 2.22. The Hall–Kier alpha value is -4.17. The molecule has 41 heavy (non-hydrogen) atoms. The number of hydrogen-bond acceptors (Lipinski definition) is 7. The lowest BCUT2D eigenvalue weighted by Gasteiger charge is -2.25. The molecule has 0 N–H and O–H groups in total. The SMILES string of the molecule is CCOc1ccc([C@H]2C(C(=O)OC(C)C)=C(C)N=c3s/c(=C/c4c(OC(C)C)ccc5ccccc45)c(=O)n32)cc1. The van der Waals surface area contributed by atoms with Gasteiger partial charge in [0.15, 0.2) is 4.80 Å². The molecule has 0 fully saturated rings. The fourth-order valence-corrected chi connectivity index (χ4v) is 6.03. The number of nitrogens with zero attached hydrogens (tertiary/aromatic N) is 2. The van der Waals surface area contributed by atoms with E-state index in [2.05, 4.69) is 0 Å². The molecular formula is C33H34N2O5S. The van der Waals surface area contributed by atoms with Crippen LogP contribution in [0, 0.1) is 0 Å². The van der Waals surface area contributed by atoms with Gasteiger partial charge < -0.3 is 14.2 Å². The third kappa shape index (κ3) is 5.70. The van der Waals surface area contributed by atoms with E-state index >= 15 is 0 Å². The van der Waals surface area contributed by atoms with Gasteiger partial charge in [-0.05, 0) is 82.2 Å². The van der Waals surface area contributed by atoms with E-state index in [1.54, 1.807) is 25.3 Å². The minimum Gasteiger partial charge on any atom is -0.494 e. The third-order valence-electron chi connectivity index (χ3n) is 6.66. The summed E-state index contributed by atoms with van der Waals surface area (Å²) in [4.78, 5) is 32.8. The van der Waals surface area contributed by atoms with E-state index in [1.807, 2.05) is 87.5 Å². The first kappa shape index (κ1) is 28.4. The number of thiazole rings is 1. The van der Waals surface area contributed by atoms with Crippen molar-refractivity contribution < 1.29 is 19.0 Å². The summed E-state index contributed by atoms with van der Waals surface area (Å²) in [6.07, 6.45) is 1.52. The summed E-state index contributed by atoms with van der Waals surface area (Å²) in [7, 11) is 0. The molecule has 7 nitrogen and oxygen atoms in total. The van der Waals surface area contributed by atoms with Crippen LogP contribution >= 0.6 is 11.3 Å². The Balaban J connectivity index is 1.74. The van der Waals surface area contributed by atoms with Gasteiger partial charge in [-0.1, -0.05) is 53.8 Å². The number of rotatable bonds is 8. The highest BCUT2D eigenvalue weighted by molar-refractivity contribution is 7.07. The van der Waals surface area contributed by atoms with Gasteiger partial charge in [0.2, 0.25) is 0 Å². The highest BCUT2D eigenvalue weighted by Gasteiger charge is 2.34. The maximum absolute atomic E-state index is 14.2. The van der Waals surface area contributed by atoms with Gasteiger partial charge in [-0.2, -0.15) is 0 Å². The van der Waals surface area contributed by atoms with E-state index in [0.29, 0.717) is 38.7 Å². The second-order valence-electron chi connectivity index (χ2n) is 10.4. The smallest absolute Gasteiger partial charge is 0.338 e. The number of aromatic nitrogens is 1. The second-order valence-corrected chi connectivity index (χ2v) is 11.4. The van der Waals surface area contributed by atoms with E-state index in [9.17, 15) is 9.59 Å². The maximum atomic E-state index is 14.2. The Kier molecular flexibility index (Phi) is 8.13. The first-order valence-corrected chi connectivity index (χ1v) is 14.6. The minimum atomic E-state index is -0.700. The molecule has 5 rings (SSSR count). The van der Waals surface area contributed by atoms with Crippen molar-refractivity contribution in [2.45, 2.75) is 59.8 Å². The molecule has 0 saturated carbocycles. The Labute approximate surface area is 243 Å². The minimum absolute atomic E-state index is 0.0404. The average molecular weight is 571 g/mol. The molecule has 0 saturated heterocycles. The van der Waals surface area contributed by atoms with E-state index in [0.717, 1.165) is 21.9 Å². The average Bonchev–Trinajstić information content (AvgIpc) is 3.23. The number of ether oxygens (including phenoxy) is 3. The van der Waals surface area contributed by atoms with Gasteiger partial charge >= 0.3 is 5.97 Å². The number of esters is 1. The van der Waals surface area contributed by atoms with Gasteiger partial charge in [-0.15, -0.1) is 0 Å². The molecule has 0 spiro atoms. The van der Waals surface area contributed by atoms with Crippen LogP contribution in [-0.4, -0.2) is 29.4 Å². The fourth-order valence-electron chi connectivity index (χ4n) is 5.00. The lowest BCUT2D eigenvalue weighted by atomic mass is 9.95. The van der Waals surface area contributed by atoms with E-state index in [4.69, 9.17) is 19.2 Å². The molecule has 1 aliphatic rings. The van der Waals surface area contributed by atoms with E-state index in [-0.39, 0.29) is 17.8 Å². The number of carbonyl (C=O) groups excluding carboxylic acids is 1. The lowest BCUT2D eigenvalue weighted by molar-refractivity contribution is -0.143. The molecule has 2 heterocycles. The summed E-state index contributed by atoms with van der Waals surface area (Å²) >= 11 is 1.30. The number of benzene rings is 3. The van der Waals surface area contributed by atoms with Crippen molar-refractivity contribution >= 4 is 34.2 Å². The van der Waals surface area contributed by atoms with Gasteiger partial charge in [0.05, 0.1) is 40.7 Å². The molecule has 1 atom stereocenters. The van der Waals surface area contributed by atoms with Gasteiger partial charge in [-0.3, -0.25) is 9.36 Å². The molecule has 0 unspecified atom stereocenters. The highest BCUT2D eigenvalue weighted by atomic mass is 32.1. The zero-order chi connectivity index (χ0) is 29.3. The Morgan fingerprint density at radius 1 is 1.02 bits per heavy atom. The maximum Gasteiger partial charge on any atom is 0.338 e. The number of carbonyl (C=O) groups is 1. The summed E-state index contributed by atoms with van der Waals surface area (Å²) in [6, 6.07) is 18.7. The van der Waals surface area contributed by atoms with Crippen LogP contribution in [0.1, 0.15) is 58.7 Å². The normalized spacial score (nSPS) is 15.3. The van der Waals surface area contributed by atoms with Crippen LogP contribution < -0.4 is 24.4 Å². The fraction of sp³-hybridized carbons (Fsp3) is 0.303. The molecule has 1 aromatic heterocycles. The molecule has 1 aliphatic heterocycles. The van der Waals surface area contributed by atoms with Crippen LogP contribution in [-0.2, 0) is 9.53 Å². The Bertz CT molecular complexity index is 1810. The van der Waals surface area contributed by atoms with Crippen LogP contribution in [0.25, 0.3) is 16.8 Å². The van der Waals surface area contributed by atoms with Crippen LogP contribution in [0.15, 0.2) is 81.7 Å². The lowest BCUT2D eigenvalue weighted by Crippen LogP contribution is -2.40. The zero-order valence-electron chi connectivity index (χ0n) is 24.1. The molecule has 212 valence electrons. The van der Waals surface area contributed by atoms with Crippen molar-refractivity contribution in [2.24, 2.45) is 4.99 Å². The van der Waals surface area contributed by atoms with Crippen molar-refractivity contribution in [1.82, 2.24) is 4.57 Å². The second kappa shape index (κ2) is 11.7. The quantitative estimate of drug-likeness (QED) is 0.261. The van der Waals surface area contributed by atoms with Crippen molar-refractivity contribution in [1.29, 1.82) is 0 Å². The predicted octanol–water partition coefficient (Wildman–Crippen LogP) is 5.53. The third-order valence-corrected chi connectivity index (χ3v) is 7.64. The van der Waals surface area contributed by atoms with Crippen molar-refractivity contribution in [3.05, 3.63) is 103 Å². The Morgan fingerprint density at radius 2 is 1.76 bits per heavy atom. The molecule has 8 heteroatoms. The highest BCUT2D eigenvalue weighted by Crippen LogP contribution is 2.33. The molecule has 0 amide bonds. The molecule has 0 bridgehead atoms. The van der Waals surface area contributed by atoms with Gasteiger partial charge in [-0.25, -0.2) is 9.79 Å². The predicted molar refractivity (Wildman–Crippen MR) is 162 cm³/mol. The van der Waals surface area contributed by atoms with E-state index < -0.39 is 12.0 Å². The van der Waals surface area contributed by atoms with Crippen LogP contribution in [0.4, 0.5) is 0 Å². The topological polar surface area (TPSA) is 79.1 Å². The van der Waals surface area contributed by atoms with Gasteiger partial charge in [0.25, 0.3) is 5.56 Å². The van der Waals surface area contributed by atoms with Gasteiger partial charge in [0, 0.05) is 5.56 Å². The first-order valence-electron chi connectivity index (χ1n) is 13.8.